The predicted molar refractivity (Wildman–Crippen MR) is 109 cm³/mol. The maximum atomic E-state index is 12.6. The molecule has 0 aliphatic rings. The normalized spacial score (nSPS) is 11.7. The summed E-state index contributed by atoms with van der Waals surface area (Å²) in [5.41, 5.74) is 5.63. The van der Waals surface area contributed by atoms with Gasteiger partial charge in [-0.1, -0.05) is 66.2 Å². The van der Waals surface area contributed by atoms with Gasteiger partial charge in [-0.2, -0.15) is 0 Å². The van der Waals surface area contributed by atoms with E-state index in [1.165, 1.54) is 11.1 Å². The summed E-state index contributed by atoms with van der Waals surface area (Å²) in [5, 5.41) is 3.10. The number of amides is 1. The molecule has 0 aliphatic carbocycles. The van der Waals surface area contributed by atoms with Crippen molar-refractivity contribution in [3.05, 3.63) is 101 Å². The molecule has 0 aromatic heterocycles. The zero-order chi connectivity index (χ0) is 19.2. The Bertz CT molecular complexity index is 901. The Morgan fingerprint density at radius 3 is 2.19 bits per heavy atom. The first-order valence-corrected chi connectivity index (χ1v) is 9.14. The summed E-state index contributed by atoms with van der Waals surface area (Å²) >= 11 is 0. The Labute approximate surface area is 161 Å². The van der Waals surface area contributed by atoms with Crippen molar-refractivity contribution in [1.29, 1.82) is 0 Å². The summed E-state index contributed by atoms with van der Waals surface area (Å²) < 4.78 is 5.68. The average molecular weight is 359 g/mol. The third-order valence-electron chi connectivity index (χ3n) is 4.70. The van der Waals surface area contributed by atoms with Gasteiger partial charge in [-0.15, -0.1) is 0 Å². The average Bonchev–Trinajstić information content (AvgIpc) is 2.68. The summed E-state index contributed by atoms with van der Waals surface area (Å²) in [7, 11) is 0. The maximum Gasteiger partial charge on any atom is 0.258 e. The molecular weight excluding hydrogens is 334 g/mol. The molecule has 0 aliphatic heterocycles. The van der Waals surface area contributed by atoms with Gasteiger partial charge in [0.2, 0.25) is 0 Å². The van der Waals surface area contributed by atoms with Gasteiger partial charge in [-0.05, 0) is 55.2 Å². The molecule has 0 saturated carbocycles. The Balaban J connectivity index is 1.72. The van der Waals surface area contributed by atoms with Crippen LogP contribution in [-0.2, 0) is 4.79 Å². The fourth-order valence-electron chi connectivity index (χ4n) is 2.92. The van der Waals surface area contributed by atoms with Gasteiger partial charge < -0.3 is 10.1 Å². The first kappa shape index (κ1) is 18.7. The molecule has 138 valence electrons. The largest absolute Gasteiger partial charge is 0.484 e. The van der Waals surface area contributed by atoms with E-state index in [9.17, 15) is 4.79 Å². The molecule has 0 unspecified atom stereocenters. The first-order chi connectivity index (χ1) is 13.0. The Hall–Kier alpha value is -3.07. The lowest BCUT2D eigenvalue weighted by Crippen LogP contribution is -2.33. The van der Waals surface area contributed by atoms with E-state index in [0.29, 0.717) is 5.75 Å². The van der Waals surface area contributed by atoms with Crippen molar-refractivity contribution in [3.8, 4) is 5.75 Å². The van der Waals surface area contributed by atoms with Crippen LogP contribution in [0, 0.1) is 20.8 Å². The summed E-state index contributed by atoms with van der Waals surface area (Å²) in [6.45, 7) is 6.12. The van der Waals surface area contributed by atoms with Crippen molar-refractivity contribution in [2.45, 2.75) is 26.8 Å². The number of nitrogens with one attached hydrogen (secondary N) is 1. The van der Waals surface area contributed by atoms with Gasteiger partial charge in [0.05, 0.1) is 6.04 Å². The highest BCUT2D eigenvalue weighted by molar-refractivity contribution is 5.78. The number of hydrogen-bond donors (Lipinski definition) is 1. The number of aryl methyl sites for hydroxylation is 3. The SMILES string of the molecule is Cc1ccc([C@H](NC(=O)COc2ccc(C)c(C)c2)c2ccccc2)cc1. The summed E-state index contributed by atoms with van der Waals surface area (Å²) in [6, 6.07) is 23.8. The standard InChI is InChI=1S/C24H25NO2/c1-17-9-12-21(13-10-17)24(20-7-5-4-6-8-20)25-23(26)16-27-22-14-11-18(2)19(3)15-22/h4-15,24H,16H2,1-3H3,(H,25,26)/t24-/m1/s1. The van der Waals surface area contributed by atoms with E-state index >= 15 is 0 Å². The third-order valence-corrected chi connectivity index (χ3v) is 4.70. The zero-order valence-corrected chi connectivity index (χ0v) is 16.0. The molecule has 1 amide bonds. The highest BCUT2D eigenvalue weighted by atomic mass is 16.5. The van der Waals surface area contributed by atoms with Crippen molar-refractivity contribution in [1.82, 2.24) is 5.32 Å². The Morgan fingerprint density at radius 1 is 0.852 bits per heavy atom. The first-order valence-electron chi connectivity index (χ1n) is 9.14. The second-order valence-corrected chi connectivity index (χ2v) is 6.86. The van der Waals surface area contributed by atoms with Crippen LogP contribution in [0.25, 0.3) is 0 Å². The second kappa shape index (κ2) is 8.54. The van der Waals surface area contributed by atoms with Crippen LogP contribution in [0.1, 0.15) is 33.9 Å². The van der Waals surface area contributed by atoms with E-state index in [1.807, 2.05) is 55.5 Å². The highest BCUT2D eigenvalue weighted by Crippen LogP contribution is 2.22. The van der Waals surface area contributed by atoms with E-state index < -0.39 is 0 Å². The van der Waals surface area contributed by atoms with Crippen molar-refractivity contribution < 1.29 is 9.53 Å². The molecule has 3 aromatic rings. The molecule has 0 bridgehead atoms. The third kappa shape index (κ3) is 4.98. The van der Waals surface area contributed by atoms with Crippen LogP contribution >= 0.6 is 0 Å². The van der Waals surface area contributed by atoms with Crippen LogP contribution in [0.2, 0.25) is 0 Å². The van der Waals surface area contributed by atoms with Crippen LogP contribution < -0.4 is 10.1 Å². The van der Waals surface area contributed by atoms with E-state index in [2.05, 4.69) is 43.4 Å². The lowest BCUT2D eigenvalue weighted by molar-refractivity contribution is -0.123. The topological polar surface area (TPSA) is 38.3 Å². The minimum Gasteiger partial charge on any atom is -0.484 e. The quantitative estimate of drug-likeness (QED) is 0.680. The lowest BCUT2D eigenvalue weighted by atomic mass is 9.98. The zero-order valence-electron chi connectivity index (χ0n) is 16.0. The van der Waals surface area contributed by atoms with E-state index in [4.69, 9.17) is 4.74 Å². The van der Waals surface area contributed by atoms with Gasteiger partial charge in [0.25, 0.3) is 5.91 Å². The number of carbonyl (C=O) groups is 1. The van der Waals surface area contributed by atoms with Crippen molar-refractivity contribution in [3.63, 3.8) is 0 Å². The number of rotatable bonds is 6. The number of benzene rings is 3. The second-order valence-electron chi connectivity index (χ2n) is 6.86. The van der Waals surface area contributed by atoms with Crippen molar-refractivity contribution in [2.75, 3.05) is 6.61 Å². The molecule has 0 spiro atoms. The molecule has 0 fully saturated rings. The molecule has 0 radical (unpaired) electrons. The minimum absolute atomic E-state index is 0.0162. The van der Waals surface area contributed by atoms with Gasteiger partial charge in [-0.25, -0.2) is 0 Å². The summed E-state index contributed by atoms with van der Waals surface area (Å²) in [4.78, 5) is 12.6. The van der Waals surface area contributed by atoms with E-state index in [0.717, 1.165) is 16.7 Å². The minimum atomic E-state index is -0.206. The monoisotopic (exact) mass is 359 g/mol. The van der Waals surface area contributed by atoms with Crippen molar-refractivity contribution in [2.24, 2.45) is 0 Å². The van der Waals surface area contributed by atoms with Crippen LogP contribution in [0.5, 0.6) is 5.75 Å². The fourth-order valence-corrected chi connectivity index (χ4v) is 2.92. The molecule has 3 heteroatoms. The molecular formula is C24H25NO2. The lowest BCUT2D eigenvalue weighted by Gasteiger charge is -2.20. The fraction of sp³-hybridized carbons (Fsp3) is 0.208. The summed E-state index contributed by atoms with van der Waals surface area (Å²) in [5.74, 6) is 0.558. The molecule has 0 saturated heterocycles. The van der Waals surface area contributed by atoms with Crippen LogP contribution in [-0.4, -0.2) is 12.5 Å². The number of carbonyl (C=O) groups excluding carboxylic acids is 1. The van der Waals surface area contributed by atoms with E-state index in [1.54, 1.807) is 0 Å². The molecule has 0 heterocycles. The predicted octanol–water partition coefficient (Wildman–Crippen LogP) is 4.90. The molecule has 1 atom stereocenters. The van der Waals surface area contributed by atoms with E-state index in [-0.39, 0.29) is 18.6 Å². The van der Waals surface area contributed by atoms with Crippen LogP contribution in [0.3, 0.4) is 0 Å². The van der Waals surface area contributed by atoms with Gasteiger partial charge >= 0.3 is 0 Å². The van der Waals surface area contributed by atoms with Gasteiger partial charge in [0.15, 0.2) is 6.61 Å². The molecule has 3 rings (SSSR count). The Morgan fingerprint density at radius 2 is 1.52 bits per heavy atom. The Kier molecular flexibility index (Phi) is 5.92. The number of ether oxygens (including phenoxy) is 1. The molecule has 27 heavy (non-hydrogen) atoms. The van der Waals surface area contributed by atoms with Crippen molar-refractivity contribution >= 4 is 5.91 Å². The van der Waals surface area contributed by atoms with Gasteiger partial charge in [0, 0.05) is 0 Å². The molecule has 3 nitrogen and oxygen atoms in total. The van der Waals surface area contributed by atoms with Crippen LogP contribution in [0.15, 0.2) is 72.8 Å². The van der Waals surface area contributed by atoms with Gasteiger partial charge in [-0.3, -0.25) is 4.79 Å². The molecule has 3 aromatic carbocycles. The van der Waals surface area contributed by atoms with Gasteiger partial charge in [0.1, 0.15) is 5.75 Å². The summed E-state index contributed by atoms with van der Waals surface area (Å²) in [6.07, 6.45) is 0. The smallest absolute Gasteiger partial charge is 0.258 e. The van der Waals surface area contributed by atoms with Crippen LogP contribution in [0.4, 0.5) is 0 Å². The maximum absolute atomic E-state index is 12.6. The molecule has 1 N–H and O–H groups in total. The highest BCUT2D eigenvalue weighted by Gasteiger charge is 2.17. The number of hydrogen-bond acceptors (Lipinski definition) is 2.